The fourth-order valence-corrected chi connectivity index (χ4v) is 1.83. The molecule has 0 fully saturated rings. The van der Waals surface area contributed by atoms with Crippen molar-refractivity contribution in [2.75, 3.05) is 6.61 Å². The first-order chi connectivity index (χ1) is 8.25. The fourth-order valence-electron chi connectivity index (χ4n) is 1.83. The van der Waals surface area contributed by atoms with E-state index in [0.29, 0.717) is 6.61 Å². The van der Waals surface area contributed by atoms with Crippen LogP contribution in [0, 0.1) is 0 Å². The monoisotopic (exact) mass is 230 g/mol. The highest BCUT2D eigenvalue weighted by Crippen LogP contribution is 2.20. The SMILES string of the molecule is CC(O)CCCOc1ccc2ccccc2c1. The van der Waals surface area contributed by atoms with Gasteiger partial charge in [-0.3, -0.25) is 0 Å². The van der Waals surface area contributed by atoms with E-state index in [0.717, 1.165) is 18.6 Å². The zero-order chi connectivity index (χ0) is 12.1. The highest BCUT2D eigenvalue weighted by atomic mass is 16.5. The average Bonchev–Trinajstić information content (AvgIpc) is 2.34. The molecule has 2 heteroatoms. The smallest absolute Gasteiger partial charge is 0.119 e. The van der Waals surface area contributed by atoms with Crippen molar-refractivity contribution in [2.24, 2.45) is 0 Å². The van der Waals surface area contributed by atoms with Gasteiger partial charge in [-0.1, -0.05) is 30.3 Å². The first-order valence-electron chi connectivity index (χ1n) is 6.05. The molecule has 1 N–H and O–H groups in total. The van der Waals surface area contributed by atoms with E-state index in [1.165, 1.54) is 10.8 Å². The Bertz CT molecular complexity index is 477. The minimum absolute atomic E-state index is 0.241. The maximum Gasteiger partial charge on any atom is 0.119 e. The Kier molecular flexibility index (Phi) is 3.99. The topological polar surface area (TPSA) is 29.5 Å². The van der Waals surface area contributed by atoms with Crippen LogP contribution in [-0.4, -0.2) is 17.8 Å². The summed E-state index contributed by atoms with van der Waals surface area (Å²) in [7, 11) is 0. The molecule has 0 spiro atoms. The van der Waals surface area contributed by atoms with Crippen molar-refractivity contribution < 1.29 is 9.84 Å². The Labute approximate surface area is 102 Å². The van der Waals surface area contributed by atoms with Crippen molar-refractivity contribution in [3.8, 4) is 5.75 Å². The van der Waals surface area contributed by atoms with Crippen LogP contribution in [0.5, 0.6) is 5.75 Å². The quantitative estimate of drug-likeness (QED) is 0.798. The van der Waals surface area contributed by atoms with Crippen LogP contribution in [0.4, 0.5) is 0 Å². The second-order valence-electron chi connectivity index (χ2n) is 4.35. The number of hydrogen-bond donors (Lipinski definition) is 1. The Morgan fingerprint density at radius 1 is 1.12 bits per heavy atom. The number of benzene rings is 2. The summed E-state index contributed by atoms with van der Waals surface area (Å²) < 4.78 is 5.65. The van der Waals surface area contributed by atoms with Crippen LogP contribution in [0.2, 0.25) is 0 Å². The summed E-state index contributed by atoms with van der Waals surface area (Å²) in [6.45, 7) is 2.46. The van der Waals surface area contributed by atoms with E-state index in [-0.39, 0.29) is 6.10 Å². The van der Waals surface area contributed by atoms with Gasteiger partial charge >= 0.3 is 0 Å². The molecular formula is C15H18O2. The molecule has 0 heterocycles. The molecule has 0 amide bonds. The van der Waals surface area contributed by atoms with E-state index in [9.17, 15) is 0 Å². The normalized spacial score (nSPS) is 12.6. The van der Waals surface area contributed by atoms with Gasteiger partial charge in [0.05, 0.1) is 12.7 Å². The summed E-state index contributed by atoms with van der Waals surface area (Å²) in [6.07, 6.45) is 1.42. The van der Waals surface area contributed by atoms with E-state index >= 15 is 0 Å². The third-order valence-corrected chi connectivity index (χ3v) is 2.76. The second kappa shape index (κ2) is 5.69. The van der Waals surface area contributed by atoms with Gasteiger partial charge in [0.2, 0.25) is 0 Å². The minimum atomic E-state index is -0.241. The predicted molar refractivity (Wildman–Crippen MR) is 70.4 cm³/mol. The summed E-state index contributed by atoms with van der Waals surface area (Å²) in [5.41, 5.74) is 0. The number of aliphatic hydroxyl groups excluding tert-OH is 1. The van der Waals surface area contributed by atoms with Crippen LogP contribution < -0.4 is 4.74 Å². The van der Waals surface area contributed by atoms with Crippen molar-refractivity contribution >= 4 is 10.8 Å². The lowest BCUT2D eigenvalue weighted by molar-refractivity contribution is 0.170. The molecule has 1 atom stereocenters. The zero-order valence-electron chi connectivity index (χ0n) is 10.1. The van der Waals surface area contributed by atoms with Gasteiger partial charge < -0.3 is 9.84 Å². The Hall–Kier alpha value is -1.54. The van der Waals surface area contributed by atoms with Crippen LogP contribution >= 0.6 is 0 Å². The summed E-state index contributed by atoms with van der Waals surface area (Å²) in [5, 5.41) is 11.6. The molecule has 0 radical (unpaired) electrons. The van der Waals surface area contributed by atoms with E-state index < -0.39 is 0 Å². The van der Waals surface area contributed by atoms with Gasteiger partial charge in [0.15, 0.2) is 0 Å². The third kappa shape index (κ3) is 3.46. The van der Waals surface area contributed by atoms with Gasteiger partial charge in [0, 0.05) is 0 Å². The Balaban J connectivity index is 1.95. The van der Waals surface area contributed by atoms with Gasteiger partial charge in [-0.2, -0.15) is 0 Å². The lowest BCUT2D eigenvalue weighted by Crippen LogP contribution is -2.04. The summed E-state index contributed by atoms with van der Waals surface area (Å²) >= 11 is 0. The van der Waals surface area contributed by atoms with Gasteiger partial charge in [0.1, 0.15) is 5.75 Å². The molecule has 17 heavy (non-hydrogen) atoms. The minimum Gasteiger partial charge on any atom is -0.494 e. The van der Waals surface area contributed by atoms with Crippen LogP contribution in [-0.2, 0) is 0 Å². The predicted octanol–water partition coefficient (Wildman–Crippen LogP) is 3.38. The van der Waals surface area contributed by atoms with E-state index in [1.807, 2.05) is 18.2 Å². The number of aliphatic hydroxyl groups is 1. The number of rotatable bonds is 5. The van der Waals surface area contributed by atoms with Crippen molar-refractivity contribution in [1.29, 1.82) is 0 Å². The van der Waals surface area contributed by atoms with E-state index in [1.54, 1.807) is 6.92 Å². The lowest BCUT2D eigenvalue weighted by atomic mass is 10.1. The Morgan fingerprint density at radius 2 is 1.88 bits per heavy atom. The van der Waals surface area contributed by atoms with Crippen molar-refractivity contribution in [3.63, 3.8) is 0 Å². The molecule has 2 aromatic rings. The maximum atomic E-state index is 9.14. The summed E-state index contributed by atoms with van der Waals surface area (Å²) in [5.74, 6) is 0.897. The van der Waals surface area contributed by atoms with Crippen LogP contribution in [0.3, 0.4) is 0 Å². The molecule has 0 aromatic heterocycles. The first kappa shape index (κ1) is 11.9. The number of hydrogen-bond acceptors (Lipinski definition) is 2. The standard InChI is InChI=1S/C15H18O2/c1-12(16)5-4-10-17-15-9-8-13-6-2-3-7-14(13)11-15/h2-3,6-9,11-12,16H,4-5,10H2,1H3. The summed E-state index contributed by atoms with van der Waals surface area (Å²) in [6, 6.07) is 14.3. The van der Waals surface area contributed by atoms with Gasteiger partial charge in [0.25, 0.3) is 0 Å². The number of fused-ring (bicyclic) bond motifs is 1. The van der Waals surface area contributed by atoms with Crippen molar-refractivity contribution in [2.45, 2.75) is 25.9 Å². The van der Waals surface area contributed by atoms with Crippen LogP contribution in [0.15, 0.2) is 42.5 Å². The molecule has 2 rings (SSSR count). The molecule has 0 aliphatic carbocycles. The maximum absolute atomic E-state index is 9.14. The zero-order valence-corrected chi connectivity index (χ0v) is 10.1. The number of ether oxygens (including phenoxy) is 1. The molecule has 1 unspecified atom stereocenters. The van der Waals surface area contributed by atoms with Gasteiger partial charge in [-0.15, -0.1) is 0 Å². The molecule has 0 aliphatic heterocycles. The molecular weight excluding hydrogens is 212 g/mol. The Morgan fingerprint density at radius 3 is 2.65 bits per heavy atom. The molecule has 0 bridgehead atoms. The van der Waals surface area contributed by atoms with Crippen LogP contribution in [0.1, 0.15) is 19.8 Å². The molecule has 90 valence electrons. The van der Waals surface area contributed by atoms with Crippen LogP contribution in [0.25, 0.3) is 10.8 Å². The van der Waals surface area contributed by atoms with Crippen molar-refractivity contribution in [3.05, 3.63) is 42.5 Å². The second-order valence-corrected chi connectivity index (χ2v) is 4.35. The fraction of sp³-hybridized carbons (Fsp3) is 0.333. The molecule has 2 nitrogen and oxygen atoms in total. The lowest BCUT2D eigenvalue weighted by Gasteiger charge is -2.08. The van der Waals surface area contributed by atoms with E-state index in [4.69, 9.17) is 9.84 Å². The van der Waals surface area contributed by atoms with Gasteiger partial charge in [-0.25, -0.2) is 0 Å². The molecule has 0 saturated carbocycles. The average molecular weight is 230 g/mol. The van der Waals surface area contributed by atoms with E-state index in [2.05, 4.69) is 24.3 Å². The van der Waals surface area contributed by atoms with Crippen molar-refractivity contribution in [1.82, 2.24) is 0 Å². The molecule has 2 aromatic carbocycles. The summed E-state index contributed by atoms with van der Waals surface area (Å²) in [4.78, 5) is 0. The highest BCUT2D eigenvalue weighted by Gasteiger charge is 1.98. The molecule has 0 saturated heterocycles. The highest BCUT2D eigenvalue weighted by molar-refractivity contribution is 5.83. The third-order valence-electron chi connectivity index (χ3n) is 2.76. The first-order valence-corrected chi connectivity index (χ1v) is 6.05. The molecule has 0 aliphatic rings. The largest absolute Gasteiger partial charge is 0.494 e. The van der Waals surface area contributed by atoms with Gasteiger partial charge in [-0.05, 0) is 42.7 Å².